The lowest BCUT2D eigenvalue weighted by molar-refractivity contribution is -0.150. The van der Waals surface area contributed by atoms with Gasteiger partial charge in [-0.1, -0.05) is 50.8 Å². The predicted molar refractivity (Wildman–Crippen MR) is 105 cm³/mol. The zero-order chi connectivity index (χ0) is 19.9. The highest BCUT2D eigenvalue weighted by Gasteiger charge is 2.48. The summed E-state index contributed by atoms with van der Waals surface area (Å²) in [7, 11) is -3.47. The summed E-state index contributed by atoms with van der Waals surface area (Å²) in [4.78, 5) is 12.8. The van der Waals surface area contributed by atoms with Crippen molar-refractivity contribution in [2.45, 2.75) is 70.0 Å². The Morgan fingerprint density at radius 1 is 1.11 bits per heavy atom. The molecule has 0 amide bonds. The normalized spacial score (nSPS) is 25.4. The largest absolute Gasteiger partial charge is 0.466 e. The molecule has 0 bridgehead atoms. The molecule has 4 atom stereocenters. The van der Waals surface area contributed by atoms with Gasteiger partial charge in [0.1, 0.15) is 0 Å². The molecule has 0 unspecified atom stereocenters. The second-order valence-corrected chi connectivity index (χ2v) is 9.30. The van der Waals surface area contributed by atoms with E-state index in [-0.39, 0.29) is 23.7 Å². The van der Waals surface area contributed by atoms with Gasteiger partial charge in [-0.2, -0.15) is 0 Å². The van der Waals surface area contributed by atoms with E-state index in [1.54, 1.807) is 37.3 Å². The van der Waals surface area contributed by atoms with Crippen molar-refractivity contribution < 1.29 is 22.7 Å². The quantitative estimate of drug-likeness (QED) is 0.441. The molecule has 0 saturated carbocycles. The Bertz CT molecular complexity index is 686. The number of sulfone groups is 1. The van der Waals surface area contributed by atoms with Crippen molar-refractivity contribution in [2.24, 2.45) is 11.8 Å². The second-order valence-electron chi connectivity index (χ2n) is 7.27. The van der Waals surface area contributed by atoms with E-state index < -0.39 is 21.9 Å². The van der Waals surface area contributed by atoms with Crippen LogP contribution in [-0.2, 0) is 24.1 Å². The monoisotopic (exact) mass is 396 g/mol. The smallest absolute Gasteiger partial charge is 0.311 e. The predicted octanol–water partition coefficient (Wildman–Crippen LogP) is 4.01. The molecule has 1 heterocycles. The Balaban J connectivity index is 2.17. The van der Waals surface area contributed by atoms with Crippen LogP contribution in [0.4, 0.5) is 0 Å². The number of rotatable bonds is 10. The number of ether oxygens (including phenoxy) is 2. The molecule has 1 aliphatic heterocycles. The van der Waals surface area contributed by atoms with Gasteiger partial charge in [0.2, 0.25) is 0 Å². The molecule has 0 aliphatic carbocycles. The van der Waals surface area contributed by atoms with Gasteiger partial charge in [-0.15, -0.1) is 0 Å². The highest BCUT2D eigenvalue weighted by molar-refractivity contribution is 7.91. The maximum absolute atomic E-state index is 12.8. The summed E-state index contributed by atoms with van der Waals surface area (Å²) >= 11 is 0. The number of carbonyl (C=O) groups is 1. The van der Waals surface area contributed by atoms with Crippen LogP contribution in [0.1, 0.15) is 52.9 Å². The molecule has 1 aromatic carbocycles. The first-order valence-corrected chi connectivity index (χ1v) is 11.7. The number of unbranched alkanes of at least 4 members (excludes halogenated alkanes) is 3. The number of hydrogen-bond acceptors (Lipinski definition) is 5. The maximum atomic E-state index is 12.8. The van der Waals surface area contributed by atoms with Crippen molar-refractivity contribution in [2.75, 3.05) is 12.4 Å². The summed E-state index contributed by atoms with van der Waals surface area (Å²) in [6, 6.07) is 8.43. The van der Waals surface area contributed by atoms with E-state index in [0.29, 0.717) is 11.5 Å². The van der Waals surface area contributed by atoms with Gasteiger partial charge in [0, 0.05) is 5.92 Å². The molecule has 1 saturated heterocycles. The zero-order valence-electron chi connectivity index (χ0n) is 16.6. The average Bonchev–Trinajstić information content (AvgIpc) is 2.94. The molecule has 6 heteroatoms. The lowest BCUT2D eigenvalue weighted by Gasteiger charge is -2.22. The lowest BCUT2D eigenvalue weighted by atomic mass is 9.84. The van der Waals surface area contributed by atoms with Crippen LogP contribution in [0.3, 0.4) is 0 Å². The first-order valence-electron chi connectivity index (χ1n) is 10.0. The van der Waals surface area contributed by atoms with Gasteiger partial charge in [-0.3, -0.25) is 4.79 Å². The molecular weight excluding hydrogens is 364 g/mol. The van der Waals surface area contributed by atoms with Crippen molar-refractivity contribution in [3.63, 3.8) is 0 Å². The molecule has 152 valence electrons. The number of benzene rings is 1. The summed E-state index contributed by atoms with van der Waals surface area (Å²) < 4.78 is 36.9. The van der Waals surface area contributed by atoms with Gasteiger partial charge in [0.15, 0.2) is 9.84 Å². The molecule has 0 N–H and O–H groups in total. The Morgan fingerprint density at radius 2 is 1.81 bits per heavy atom. The first-order chi connectivity index (χ1) is 12.9. The lowest BCUT2D eigenvalue weighted by Crippen LogP contribution is -2.33. The van der Waals surface area contributed by atoms with Crippen LogP contribution in [0.25, 0.3) is 0 Å². The van der Waals surface area contributed by atoms with Crippen LogP contribution in [0.2, 0.25) is 0 Å². The minimum Gasteiger partial charge on any atom is -0.466 e. The highest BCUT2D eigenvalue weighted by atomic mass is 32.2. The first kappa shape index (κ1) is 21.9. The third-order valence-corrected chi connectivity index (χ3v) is 7.03. The van der Waals surface area contributed by atoms with Crippen LogP contribution in [0, 0.1) is 11.8 Å². The average molecular weight is 397 g/mol. The van der Waals surface area contributed by atoms with Crippen molar-refractivity contribution in [1.82, 2.24) is 0 Å². The molecule has 5 nitrogen and oxygen atoms in total. The summed E-state index contributed by atoms with van der Waals surface area (Å²) in [6.07, 6.45) is 4.27. The molecule has 27 heavy (non-hydrogen) atoms. The third kappa shape index (κ3) is 5.79. The molecule has 1 fully saturated rings. The van der Waals surface area contributed by atoms with Crippen molar-refractivity contribution in [1.29, 1.82) is 0 Å². The van der Waals surface area contributed by atoms with Crippen LogP contribution >= 0.6 is 0 Å². The minimum atomic E-state index is -3.47. The fourth-order valence-corrected chi connectivity index (χ4v) is 5.44. The maximum Gasteiger partial charge on any atom is 0.311 e. The molecule has 2 rings (SSSR count). The molecule has 1 aromatic rings. The van der Waals surface area contributed by atoms with Crippen molar-refractivity contribution in [3.8, 4) is 0 Å². The zero-order valence-corrected chi connectivity index (χ0v) is 17.4. The van der Waals surface area contributed by atoms with E-state index in [9.17, 15) is 13.2 Å². The van der Waals surface area contributed by atoms with Crippen LogP contribution < -0.4 is 0 Å². The molecular formula is C21H32O5S. The van der Waals surface area contributed by atoms with E-state index in [2.05, 4.69) is 6.92 Å². The molecule has 0 spiro atoms. The molecule has 0 aromatic heterocycles. The second kappa shape index (κ2) is 10.2. The Hall–Kier alpha value is -1.40. The van der Waals surface area contributed by atoms with Gasteiger partial charge in [0.25, 0.3) is 0 Å². The van der Waals surface area contributed by atoms with Gasteiger partial charge in [-0.25, -0.2) is 8.42 Å². The number of hydrogen-bond donors (Lipinski definition) is 0. The standard InChI is InChI=1S/C21H32O5S/c1-4-6-7-11-14-18-19(26-16(3)20(18)21(22)25-5-2)15-27(23,24)17-12-9-8-10-13-17/h8-10,12-13,16,18-20H,4-7,11,14-15H2,1-3H3/t16-,18-,19-,20-/m0/s1. The van der Waals surface area contributed by atoms with Crippen molar-refractivity contribution in [3.05, 3.63) is 30.3 Å². The SMILES string of the molecule is CCCCCC[C@@H]1[C@@H](C(=O)OCC)[C@H](C)O[C@H]1CS(=O)(=O)c1ccccc1. The van der Waals surface area contributed by atoms with E-state index in [0.717, 1.165) is 32.1 Å². The third-order valence-electron chi connectivity index (χ3n) is 5.27. The minimum absolute atomic E-state index is 0.101. The Labute approximate surface area is 163 Å². The molecule has 0 radical (unpaired) electrons. The van der Waals surface area contributed by atoms with Crippen molar-refractivity contribution >= 4 is 15.8 Å². The van der Waals surface area contributed by atoms with E-state index in [1.807, 2.05) is 6.92 Å². The summed E-state index contributed by atoms with van der Waals surface area (Å²) in [5.41, 5.74) is 0. The molecule has 1 aliphatic rings. The summed E-state index contributed by atoms with van der Waals surface area (Å²) in [5.74, 6) is -0.905. The number of carbonyl (C=O) groups excluding carboxylic acids is 1. The highest BCUT2D eigenvalue weighted by Crippen LogP contribution is 2.38. The van der Waals surface area contributed by atoms with E-state index >= 15 is 0 Å². The van der Waals surface area contributed by atoms with E-state index in [4.69, 9.17) is 9.47 Å². The Morgan fingerprint density at radius 3 is 2.44 bits per heavy atom. The van der Waals surface area contributed by atoms with Gasteiger partial charge >= 0.3 is 5.97 Å². The summed E-state index contributed by atoms with van der Waals surface area (Å²) in [6.45, 7) is 6.09. The van der Waals surface area contributed by atoms with Gasteiger partial charge in [-0.05, 0) is 32.4 Å². The van der Waals surface area contributed by atoms with Crippen LogP contribution in [0.5, 0.6) is 0 Å². The fourth-order valence-electron chi connectivity index (χ4n) is 3.92. The van der Waals surface area contributed by atoms with Gasteiger partial charge in [0.05, 0.1) is 35.4 Å². The fraction of sp³-hybridized carbons (Fsp3) is 0.667. The van der Waals surface area contributed by atoms with Crippen LogP contribution in [-0.4, -0.2) is 39.0 Å². The summed E-state index contributed by atoms with van der Waals surface area (Å²) in [5, 5.41) is 0. The number of esters is 1. The van der Waals surface area contributed by atoms with Crippen LogP contribution in [0.15, 0.2) is 35.2 Å². The van der Waals surface area contributed by atoms with Gasteiger partial charge < -0.3 is 9.47 Å². The topological polar surface area (TPSA) is 69.7 Å². The van der Waals surface area contributed by atoms with E-state index in [1.165, 1.54) is 0 Å². The Kier molecular flexibility index (Phi) is 8.29.